The molecular weight excluding hydrogens is 278 g/mol. The van der Waals surface area contributed by atoms with Gasteiger partial charge in [-0.25, -0.2) is 24.6 Å². The van der Waals surface area contributed by atoms with E-state index in [1.54, 1.807) is 24.8 Å². The van der Waals surface area contributed by atoms with Crippen LogP contribution in [-0.2, 0) is 7.05 Å². The number of aromatic nitrogens is 6. The Morgan fingerprint density at radius 3 is 2.73 bits per heavy atom. The third-order valence-corrected chi connectivity index (χ3v) is 4.13. The van der Waals surface area contributed by atoms with Gasteiger partial charge in [0.1, 0.15) is 5.52 Å². The molecule has 0 aromatic carbocycles. The quantitative estimate of drug-likeness (QED) is 0.714. The van der Waals surface area contributed by atoms with E-state index in [4.69, 9.17) is 0 Å². The Kier molecular flexibility index (Phi) is 3.17. The molecule has 0 unspecified atom stereocenters. The zero-order valence-corrected chi connectivity index (χ0v) is 12.4. The van der Waals surface area contributed by atoms with E-state index in [2.05, 4.69) is 29.9 Å². The lowest BCUT2D eigenvalue weighted by Crippen LogP contribution is -2.35. The molecule has 4 heterocycles. The van der Waals surface area contributed by atoms with Gasteiger partial charge in [-0.05, 0) is 18.9 Å². The van der Waals surface area contributed by atoms with Crippen molar-refractivity contribution >= 4 is 17.1 Å². The molecule has 7 heteroatoms. The van der Waals surface area contributed by atoms with E-state index in [1.165, 1.54) is 0 Å². The minimum atomic E-state index is 0.331. The Morgan fingerprint density at radius 2 is 1.86 bits per heavy atom. The summed E-state index contributed by atoms with van der Waals surface area (Å²) in [6.45, 7) is 1.85. The highest BCUT2D eigenvalue weighted by molar-refractivity contribution is 5.73. The van der Waals surface area contributed by atoms with Crippen molar-refractivity contribution < 1.29 is 0 Å². The summed E-state index contributed by atoms with van der Waals surface area (Å²) in [6, 6.07) is 1.84. The fourth-order valence-corrected chi connectivity index (χ4v) is 3.12. The van der Waals surface area contributed by atoms with Crippen molar-refractivity contribution in [2.24, 2.45) is 7.05 Å². The van der Waals surface area contributed by atoms with E-state index in [9.17, 15) is 0 Å². The minimum Gasteiger partial charge on any atom is -0.340 e. The SMILES string of the molecule is Cn1nc([C@H]2CCCN(c3ncccn3)C2)c2nccnc21. The van der Waals surface area contributed by atoms with Gasteiger partial charge in [-0.3, -0.25) is 0 Å². The van der Waals surface area contributed by atoms with Crippen LogP contribution in [-0.4, -0.2) is 42.8 Å². The summed E-state index contributed by atoms with van der Waals surface area (Å²) >= 11 is 0. The average molecular weight is 295 g/mol. The van der Waals surface area contributed by atoms with Crippen LogP contribution in [0.1, 0.15) is 24.5 Å². The van der Waals surface area contributed by atoms with Crippen LogP contribution in [0, 0.1) is 0 Å². The van der Waals surface area contributed by atoms with Gasteiger partial charge < -0.3 is 4.90 Å². The smallest absolute Gasteiger partial charge is 0.225 e. The van der Waals surface area contributed by atoms with Crippen molar-refractivity contribution in [3.63, 3.8) is 0 Å². The first-order valence-electron chi connectivity index (χ1n) is 7.48. The van der Waals surface area contributed by atoms with E-state index >= 15 is 0 Å². The van der Waals surface area contributed by atoms with Crippen LogP contribution in [0.15, 0.2) is 30.9 Å². The molecule has 4 rings (SSSR count). The molecule has 0 bridgehead atoms. The van der Waals surface area contributed by atoms with Gasteiger partial charge in [0, 0.05) is 50.8 Å². The Morgan fingerprint density at radius 1 is 1.05 bits per heavy atom. The molecule has 0 saturated carbocycles. The molecule has 7 nitrogen and oxygen atoms in total. The number of fused-ring (bicyclic) bond motifs is 1. The number of aryl methyl sites for hydroxylation is 1. The van der Waals surface area contributed by atoms with Crippen molar-refractivity contribution in [3.05, 3.63) is 36.5 Å². The first-order chi connectivity index (χ1) is 10.8. The first kappa shape index (κ1) is 13.1. The monoisotopic (exact) mass is 295 g/mol. The number of piperidine rings is 1. The normalized spacial score (nSPS) is 18.8. The third-order valence-electron chi connectivity index (χ3n) is 4.13. The van der Waals surface area contributed by atoms with Crippen LogP contribution in [0.3, 0.4) is 0 Å². The van der Waals surface area contributed by atoms with E-state index in [0.29, 0.717) is 5.92 Å². The number of rotatable bonds is 2. The largest absolute Gasteiger partial charge is 0.340 e. The van der Waals surface area contributed by atoms with Gasteiger partial charge in [0.25, 0.3) is 0 Å². The van der Waals surface area contributed by atoms with Gasteiger partial charge >= 0.3 is 0 Å². The molecule has 112 valence electrons. The second-order valence-electron chi connectivity index (χ2n) is 5.57. The van der Waals surface area contributed by atoms with Gasteiger partial charge in [0.15, 0.2) is 5.65 Å². The van der Waals surface area contributed by atoms with E-state index in [1.807, 2.05) is 17.8 Å². The summed E-state index contributed by atoms with van der Waals surface area (Å²) in [6.07, 6.45) is 9.21. The van der Waals surface area contributed by atoms with Crippen LogP contribution in [0.2, 0.25) is 0 Å². The van der Waals surface area contributed by atoms with Crippen molar-refractivity contribution in [1.82, 2.24) is 29.7 Å². The maximum Gasteiger partial charge on any atom is 0.225 e. The maximum atomic E-state index is 4.67. The lowest BCUT2D eigenvalue weighted by molar-refractivity contribution is 0.492. The fourth-order valence-electron chi connectivity index (χ4n) is 3.12. The second-order valence-corrected chi connectivity index (χ2v) is 5.57. The first-order valence-corrected chi connectivity index (χ1v) is 7.48. The maximum absolute atomic E-state index is 4.67. The van der Waals surface area contributed by atoms with Crippen LogP contribution in [0.25, 0.3) is 11.2 Å². The van der Waals surface area contributed by atoms with Gasteiger partial charge in [0.05, 0.1) is 5.69 Å². The van der Waals surface area contributed by atoms with Crippen LogP contribution in [0.5, 0.6) is 0 Å². The molecule has 0 amide bonds. The highest BCUT2D eigenvalue weighted by Crippen LogP contribution is 2.30. The standard InChI is InChI=1S/C15H17N7/c1-21-14-13(16-7-8-17-14)12(20-21)11-4-2-9-22(10-11)15-18-5-3-6-19-15/h3,5-8,11H,2,4,9-10H2,1H3/t11-/m0/s1. The van der Waals surface area contributed by atoms with Crippen LogP contribution >= 0.6 is 0 Å². The van der Waals surface area contributed by atoms with E-state index in [-0.39, 0.29) is 0 Å². The van der Waals surface area contributed by atoms with Gasteiger partial charge in [-0.1, -0.05) is 0 Å². The molecule has 3 aromatic heterocycles. The molecule has 1 aliphatic rings. The highest BCUT2D eigenvalue weighted by Gasteiger charge is 2.27. The predicted octanol–water partition coefficient (Wildman–Crippen LogP) is 1.54. The average Bonchev–Trinajstić information content (AvgIpc) is 2.93. The Hall–Kier alpha value is -2.57. The number of hydrogen-bond acceptors (Lipinski definition) is 6. The molecule has 0 aliphatic carbocycles. The summed E-state index contributed by atoms with van der Waals surface area (Å²) in [7, 11) is 1.92. The minimum absolute atomic E-state index is 0.331. The molecule has 0 spiro atoms. The summed E-state index contributed by atoms with van der Waals surface area (Å²) < 4.78 is 1.82. The van der Waals surface area contributed by atoms with E-state index in [0.717, 1.165) is 48.7 Å². The highest BCUT2D eigenvalue weighted by atomic mass is 15.3. The van der Waals surface area contributed by atoms with Gasteiger partial charge in [0.2, 0.25) is 5.95 Å². The van der Waals surface area contributed by atoms with E-state index < -0.39 is 0 Å². The molecule has 1 saturated heterocycles. The number of hydrogen-bond donors (Lipinski definition) is 0. The van der Waals surface area contributed by atoms with Crippen LogP contribution in [0.4, 0.5) is 5.95 Å². The Balaban J connectivity index is 1.67. The Labute approximate surface area is 128 Å². The molecule has 3 aromatic rings. The van der Waals surface area contributed by atoms with Crippen molar-refractivity contribution in [2.75, 3.05) is 18.0 Å². The fraction of sp³-hybridized carbons (Fsp3) is 0.400. The zero-order valence-electron chi connectivity index (χ0n) is 12.4. The summed E-state index contributed by atoms with van der Waals surface area (Å²) in [4.78, 5) is 19.8. The number of nitrogens with zero attached hydrogens (tertiary/aromatic N) is 7. The third kappa shape index (κ3) is 2.18. The number of anilines is 1. The van der Waals surface area contributed by atoms with Gasteiger partial charge in [-0.15, -0.1) is 0 Å². The predicted molar refractivity (Wildman–Crippen MR) is 82.5 cm³/mol. The Bertz CT molecular complexity index is 783. The molecule has 0 N–H and O–H groups in total. The van der Waals surface area contributed by atoms with Crippen molar-refractivity contribution in [2.45, 2.75) is 18.8 Å². The molecule has 22 heavy (non-hydrogen) atoms. The molecule has 1 aliphatic heterocycles. The van der Waals surface area contributed by atoms with Crippen molar-refractivity contribution in [1.29, 1.82) is 0 Å². The second kappa shape index (κ2) is 5.32. The summed E-state index contributed by atoms with van der Waals surface area (Å²) in [5.41, 5.74) is 2.78. The molecule has 1 fully saturated rings. The molecule has 0 radical (unpaired) electrons. The lowest BCUT2D eigenvalue weighted by Gasteiger charge is -2.31. The lowest BCUT2D eigenvalue weighted by atomic mass is 9.94. The zero-order chi connectivity index (χ0) is 14.9. The van der Waals surface area contributed by atoms with Gasteiger partial charge in [-0.2, -0.15) is 5.10 Å². The summed E-state index contributed by atoms with van der Waals surface area (Å²) in [5, 5.41) is 4.67. The molecular formula is C15H17N7. The van der Waals surface area contributed by atoms with Crippen LogP contribution < -0.4 is 4.90 Å². The molecule has 1 atom stereocenters. The van der Waals surface area contributed by atoms with Crippen molar-refractivity contribution in [3.8, 4) is 0 Å². The topological polar surface area (TPSA) is 72.6 Å². The summed E-state index contributed by atoms with van der Waals surface area (Å²) in [5.74, 6) is 1.12.